The van der Waals surface area contributed by atoms with Crippen molar-refractivity contribution >= 4 is 11.6 Å². The number of nitrogens with zero attached hydrogens (tertiary/aromatic N) is 6. The highest BCUT2D eigenvalue weighted by molar-refractivity contribution is 5.99. The number of likely N-dealkylation sites (N-methyl/N-ethyl adjacent to an activating group) is 1. The molecule has 2 aromatic rings. The number of benzene rings is 1. The van der Waals surface area contributed by atoms with E-state index in [-0.39, 0.29) is 12.5 Å². The van der Waals surface area contributed by atoms with Crippen LogP contribution >= 0.6 is 0 Å². The summed E-state index contributed by atoms with van der Waals surface area (Å²) in [5.41, 5.74) is 7.11. The second-order valence-electron chi connectivity index (χ2n) is 5.13. The van der Waals surface area contributed by atoms with E-state index in [1.54, 1.807) is 23.9 Å². The van der Waals surface area contributed by atoms with E-state index in [0.29, 0.717) is 30.2 Å². The van der Waals surface area contributed by atoms with Crippen LogP contribution in [0.4, 0.5) is 5.69 Å². The van der Waals surface area contributed by atoms with E-state index in [0.717, 1.165) is 5.56 Å². The van der Waals surface area contributed by atoms with E-state index < -0.39 is 6.04 Å². The van der Waals surface area contributed by atoms with E-state index in [1.165, 1.54) is 4.90 Å². The molecule has 9 heteroatoms. The Kier molecular flexibility index (Phi) is 3.91. The molecule has 2 N–H and O–H groups in total. The molecular weight excluding hydrogens is 298 g/mol. The van der Waals surface area contributed by atoms with Gasteiger partial charge in [0, 0.05) is 12.6 Å². The van der Waals surface area contributed by atoms with Gasteiger partial charge in [0.05, 0.1) is 24.7 Å². The van der Waals surface area contributed by atoms with Gasteiger partial charge in [-0.2, -0.15) is 5.26 Å². The standard InChI is InChI=1S/C14H15N7O2/c1-20-11-7-9(13-17-18-19-21(13)6-2-5-15)3-4-12(11)23-8-10(16)14(20)22/h3-4,7,10H,2,6,8,16H2,1H3. The number of hydrogen-bond acceptors (Lipinski definition) is 7. The van der Waals surface area contributed by atoms with Gasteiger partial charge in [0.25, 0.3) is 0 Å². The Balaban J connectivity index is 2.00. The summed E-state index contributed by atoms with van der Waals surface area (Å²) in [6, 6.07) is 6.71. The smallest absolute Gasteiger partial charge is 0.247 e. The van der Waals surface area contributed by atoms with E-state index in [9.17, 15) is 4.79 Å². The number of aryl methyl sites for hydroxylation is 1. The molecule has 1 aromatic carbocycles. The van der Waals surface area contributed by atoms with Crippen LogP contribution in [0.2, 0.25) is 0 Å². The Morgan fingerprint density at radius 3 is 3.13 bits per heavy atom. The van der Waals surface area contributed by atoms with Crippen LogP contribution in [0, 0.1) is 11.3 Å². The first-order valence-electron chi connectivity index (χ1n) is 7.05. The number of carbonyl (C=O) groups is 1. The summed E-state index contributed by atoms with van der Waals surface area (Å²) in [5, 5.41) is 20.2. The number of amides is 1. The van der Waals surface area contributed by atoms with Crippen molar-refractivity contribution < 1.29 is 9.53 Å². The number of carbonyl (C=O) groups excluding carboxylic acids is 1. The lowest BCUT2D eigenvalue weighted by molar-refractivity contribution is -0.119. The van der Waals surface area contributed by atoms with Gasteiger partial charge in [-0.15, -0.1) is 5.10 Å². The fraction of sp³-hybridized carbons (Fsp3) is 0.357. The third kappa shape index (κ3) is 2.72. The van der Waals surface area contributed by atoms with Crippen molar-refractivity contribution in [1.82, 2.24) is 20.2 Å². The Morgan fingerprint density at radius 2 is 2.35 bits per heavy atom. The van der Waals surface area contributed by atoms with Gasteiger partial charge >= 0.3 is 0 Å². The zero-order chi connectivity index (χ0) is 16.4. The zero-order valence-corrected chi connectivity index (χ0v) is 12.5. The number of anilines is 1. The highest BCUT2D eigenvalue weighted by Gasteiger charge is 2.27. The summed E-state index contributed by atoms with van der Waals surface area (Å²) in [7, 11) is 1.65. The number of tetrazole rings is 1. The van der Waals surface area contributed by atoms with Crippen LogP contribution in [0.25, 0.3) is 11.4 Å². The normalized spacial score (nSPS) is 17.2. The Morgan fingerprint density at radius 1 is 1.52 bits per heavy atom. The van der Waals surface area contributed by atoms with Gasteiger partial charge in [0.15, 0.2) is 5.82 Å². The van der Waals surface area contributed by atoms with Gasteiger partial charge < -0.3 is 15.4 Å². The van der Waals surface area contributed by atoms with Crippen LogP contribution in [0.3, 0.4) is 0 Å². The predicted octanol–water partition coefficient (Wildman–Crippen LogP) is -0.0637. The average Bonchev–Trinajstić information content (AvgIpc) is 3.01. The van der Waals surface area contributed by atoms with Crippen LogP contribution < -0.4 is 15.4 Å². The molecule has 23 heavy (non-hydrogen) atoms. The molecule has 3 rings (SSSR count). The minimum absolute atomic E-state index is 0.134. The predicted molar refractivity (Wildman–Crippen MR) is 80.4 cm³/mol. The number of fused-ring (bicyclic) bond motifs is 1. The minimum Gasteiger partial charge on any atom is -0.489 e. The monoisotopic (exact) mass is 313 g/mol. The summed E-state index contributed by atoms with van der Waals surface area (Å²) >= 11 is 0. The van der Waals surface area contributed by atoms with E-state index >= 15 is 0 Å². The summed E-state index contributed by atoms with van der Waals surface area (Å²) < 4.78 is 7.13. The molecule has 1 atom stereocenters. The second-order valence-corrected chi connectivity index (χ2v) is 5.13. The molecule has 1 unspecified atom stereocenters. The van der Waals surface area contributed by atoms with Crippen LogP contribution in [0.5, 0.6) is 5.75 Å². The lowest BCUT2D eigenvalue weighted by Crippen LogP contribution is -2.43. The van der Waals surface area contributed by atoms with Crippen molar-refractivity contribution in [1.29, 1.82) is 5.26 Å². The van der Waals surface area contributed by atoms with Gasteiger partial charge in [0.1, 0.15) is 18.4 Å². The molecule has 0 saturated heterocycles. The van der Waals surface area contributed by atoms with Crippen molar-refractivity contribution in [3.63, 3.8) is 0 Å². The van der Waals surface area contributed by atoms with Crippen molar-refractivity contribution in [2.75, 3.05) is 18.6 Å². The molecule has 0 radical (unpaired) electrons. The molecule has 1 aliphatic rings. The fourth-order valence-corrected chi connectivity index (χ4v) is 2.38. The lowest BCUT2D eigenvalue weighted by atomic mass is 10.1. The Bertz CT molecular complexity index is 780. The first-order valence-corrected chi connectivity index (χ1v) is 7.05. The molecule has 2 heterocycles. The number of nitriles is 1. The maximum absolute atomic E-state index is 12.2. The summed E-state index contributed by atoms with van der Waals surface area (Å²) in [6.07, 6.45) is 0.305. The highest BCUT2D eigenvalue weighted by Crippen LogP contribution is 2.34. The van der Waals surface area contributed by atoms with E-state index in [2.05, 4.69) is 21.6 Å². The van der Waals surface area contributed by atoms with Gasteiger partial charge in [-0.1, -0.05) is 0 Å². The largest absolute Gasteiger partial charge is 0.489 e. The van der Waals surface area contributed by atoms with E-state index in [1.807, 2.05) is 6.07 Å². The number of hydrogen-bond donors (Lipinski definition) is 1. The van der Waals surface area contributed by atoms with Gasteiger partial charge in [0.2, 0.25) is 5.91 Å². The molecular formula is C14H15N7O2. The van der Waals surface area contributed by atoms with Crippen molar-refractivity contribution in [3.8, 4) is 23.2 Å². The van der Waals surface area contributed by atoms with Gasteiger partial charge in [-0.3, -0.25) is 4.79 Å². The number of rotatable bonds is 3. The number of aromatic nitrogens is 4. The minimum atomic E-state index is -0.697. The maximum atomic E-state index is 12.2. The molecule has 0 bridgehead atoms. The molecule has 0 aliphatic carbocycles. The third-order valence-corrected chi connectivity index (χ3v) is 3.61. The average molecular weight is 313 g/mol. The quantitative estimate of drug-likeness (QED) is 0.841. The van der Waals surface area contributed by atoms with Crippen molar-refractivity contribution in [2.24, 2.45) is 5.73 Å². The summed E-state index contributed by atoms with van der Waals surface area (Å²) in [4.78, 5) is 13.6. The van der Waals surface area contributed by atoms with Gasteiger partial charge in [-0.25, -0.2) is 4.68 Å². The van der Waals surface area contributed by atoms with Gasteiger partial charge in [-0.05, 0) is 28.6 Å². The first-order chi connectivity index (χ1) is 11.1. The van der Waals surface area contributed by atoms with Crippen molar-refractivity contribution in [3.05, 3.63) is 18.2 Å². The van der Waals surface area contributed by atoms with E-state index in [4.69, 9.17) is 15.7 Å². The number of ether oxygens (including phenoxy) is 1. The Labute approximate surface area is 132 Å². The SMILES string of the molecule is CN1C(=O)C(N)COc2ccc(-c3nnnn3CCC#N)cc21. The zero-order valence-electron chi connectivity index (χ0n) is 12.5. The molecule has 9 nitrogen and oxygen atoms in total. The molecule has 118 valence electrons. The van der Waals surface area contributed by atoms with Crippen LogP contribution in [0.15, 0.2) is 18.2 Å². The second kappa shape index (κ2) is 6.02. The number of nitrogens with two attached hydrogens (primary N) is 1. The molecule has 1 aliphatic heterocycles. The molecule has 0 fully saturated rings. The topological polar surface area (TPSA) is 123 Å². The molecule has 0 spiro atoms. The maximum Gasteiger partial charge on any atom is 0.247 e. The third-order valence-electron chi connectivity index (χ3n) is 3.61. The van der Waals surface area contributed by atoms with Crippen LogP contribution in [0.1, 0.15) is 6.42 Å². The molecule has 0 saturated carbocycles. The summed E-state index contributed by atoms with van der Waals surface area (Å²) in [6.45, 7) is 0.529. The summed E-state index contributed by atoms with van der Waals surface area (Å²) in [5.74, 6) is 0.885. The van der Waals surface area contributed by atoms with Crippen LogP contribution in [-0.2, 0) is 11.3 Å². The molecule has 1 aromatic heterocycles. The highest BCUT2D eigenvalue weighted by atomic mass is 16.5. The lowest BCUT2D eigenvalue weighted by Gasteiger charge is -2.18. The molecule has 1 amide bonds. The Hall–Kier alpha value is -2.99. The first kappa shape index (κ1) is 14.9. The fourth-order valence-electron chi connectivity index (χ4n) is 2.38. The van der Waals surface area contributed by atoms with Crippen molar-refractivity contribution in [2.45, 2.75) is 19.0 Å². The van der Waals surface area contributed by atoms with Crippen LogP contribution in [-0.4, -0.2) is 45.8 Å².